The number of amides is 1. The largest absolute Gasteiger partial charge is 0.316 e. The van der Waals surface area contributed by atoms with Crippen LogP contribution >= 0.6 is 11.6 Å². The summed E-state index contributed by atoms with van der Waals surface area (Å²) in [5.74, 6) is 0.419. The Labute approximate surface area is 138 Å². The van der Waals surface area contributed by atoms with E-state index in [1.54, 1.807) is 23.0 Å². The van der Waals surface area contributed by atoms with Crippen molar-refractivity contribution in [2.75, 3.05) is 18.4 Å². The lowest BCUT2D eigenvalue weighted by Crippen LogP contribution is -2.48. The first-order valence-electron chi connectivity index (χ1n) is 7.52. The third-order valence-corrected chi connectivity index (χ3v) is 4.52. The summed E-state index contributed by atoms with van der Waals surface area (Å²) in [4.78, 5) is 12.3. The maximum absolute atomic E-state index is 13.5. The molecular formula is C16H18ClFN4O. The predicted molar refractivity (Wildman–Crippen MR) is 86.9 cm³/mol. The van der Waals surface area contributed by atoms with E-state index in [-0.39, 0.29) is 16.8 Å². The van der Waals surface area contributed by atoms with Crippen LogP contribution in [0.5, 0.6) is 0 Å². The molecule has 1 saturated heterocycles. The van der Waals surface area contributed by atoms with Crippen molar-refractivity contribution in [2.24, 2.45) is 11.8 Å². The highest BCUT2D eigenvalue weighted by Gasteiger charge is 2.29. The second kappa shape index (κ2) is 6.68. The summed E-state index contributed by atoms with van der Waals surface area (Å²) >= 11 is 5.69. The van der Waals surface area contributed by atoms with Crippen LogP contribution in [-0.2, 0) is 11.3 Å². The normalized spacial score (nSPS) is 16.0. The zero-order valence-corrected chi connectivity index (χ0v) is 13.5. The van der Waals surface area contributed by atoms with E-state index in [1.807, 2.05) is 6.92 Å². The van der Waals surface area contributed by atoms with Gasteiger partial charge in [-0.1, -0.05) is 24.6 Å². The Morgan fingerprint density at radius 3 is 2.96 bits per heavy atom. The number of aromatic nitrogens is 2. The first-order valence-corrected chi connectivity index (χ1v) is 7.89. The van der Waals surface area contributed by atoms with Crippen molar-refractivity contribution < 1.29 is 9.18 Å². The van der Waals surface area contributed by atoms with Crippen molar-refractivity contribution in [3.05, 3.63) is 46.9 Å². The molecule has 1 fully saturated rings. The molecule has 0 aliphatic carbocycles. The third-order valence-electron chi connectivity index (χ3n) is 4.22. The minimum Gasteiger partial charge on any atom is -0.316 e. The van der Waals surface area contributed by atoms with Crippen LogP contribution < -0.4 is 10.6 Å². The first-order chi connectivity index (χ1) is 11.0. The molecule has 1 aliphatic rings. The summed E-state index contributed by atoms with van der Waals surface area (Å²) < 4.78 is 15.2. The number of anilines is 1. The fourth-order valence-electron chi connectivity index (χ4n) is 2.49. The Kier molecular flexibility index (Phi) is 4.63. The molecule has 1 aliphatic heterocycles. The van der Waals surface area contributed by atoms with Gasteiger partial charge in [-0.3, -0.25) is 4.79 Å². The van der Waals surface area contributed by atoms with Crippen molar-refractivity contribution in [1.82, 2.24) is 15.1 Å². The van der Waals surface area contributed by atoms with Gasteiger partial charge in [-0.2, -0.15) is 5.10 Å². The van der Waals surface area contributed by atoms with E-state index in [4.69, 9.17) is 11.6 Å². The Balaban J connectivity index is 1.69. The SMILES string of the molecule is CC(C(=O)Nc1ccnn1Cc1ccc(Cl)c(F)c1)C1CNC1. The van der Waals surface area contributed by atoms with Crippen LogP contribution in [0.1, 0.15) is 12.5 Å². The highest BCUT2D eigenvalue weighted by atomic mass is 35.5. The van der Waals surface area contributed by atoms with Crippen LogP contribution in [0.25, 0.3) is 0 Å². The second-order valence-corrected chi connectivity index (χ2v) is 6.23. The molecule has 0 bridgehead atoms. The van der Waals surface area contributed by atoms with E-state index >= 15 is 0 Å². The van der Waals surface area contributed by atoms with Crippen molar-refractivity contribution in [2.45, 2.75) is 13.5 Å². The zero-order chi connectivity index (χ0) is 16.4. The number of carbonyl (C=O) groups is 1. The molecular weight excluding hydrogens is 319 g/mol. The number of rotatable bonds is 5. The predicted octanol–water partition coefficient (Wildman–Crippen LogP) is 2.52. The molecule has 2 heterocycles. The maximum Gasteiger partial charge on any atom is 0.228 e. The summed E-state index contributed by atoms with van der Waals surface area (Å²) in [6.45, 7) is 4.03. The van der Waals surface area contributed by atoms with E-state index in [1.165, 1.54) is 12.1 Å². The molecule has 0 spiro atoms. The van der Waals surface area contributed by atoms with Crippen molar-refractivity contribution in [3.63, 3.8) is 0 Å². The number of hydrogen-bond acceptors (Lipinski definition) is 3. The summed E-state index contributed by atoms with van der Waals surface area (Å²) in [5, 5.41) is 10.3. The lowest BCUT2D eigenvalue weighted by atomic mass is 9.88. The monoisotopic (exact) mass is 336 g/mol. The number of nitrogens with one attached hydrogen (secondary N) is 2. The van der Waals surface area contributed by atoms with E-state index in [0.717, 1.165) is 18.7 Å². The smallest absolute Gasteiger partial charge is 0.228 e. The van der Waals surface area contributed by atoms with E-state index in [2.05, 4.69) is 15.7 Å². The minimum absolute atomic E-state index is 0.0273. The fraction of sp³-hybridized carbons (Fsp3) is 0.375. The topological polar surface area (TPSA) is 59.0 Å². The summed E-state index contributed by atoms with van der Waals surface area (Å²) in [6.07, 6.45) is 1.61. The van der Waals surface area contributed by atoms with Crippen LogP contribution in [0, 0.1) is 17.7 Å². The minimum atomic E-state index is -0.465. The molecule has 0 saturated carbocycles. The Morgan fingerprint density at radius 2 is 2.30 bits per heavy atom. The van der Waals surface area contributed by atoms with Gasteiger partial charge in [-0.15, -0.1) is 0 Å². The average molecular weight is 337 g/mol. The van der Waals surface area contributed by atoms with Gasteiger partial charge in [0.05, 0.1) is 17.8 Å². The van der Waals surface area contributed by atoms with Crippen molar-refractivity contribution in [3.8, 4) is 0 Å². The molecule has 2 N–H and O–H groups in total. The number of benzene rings is 1. The van der Waals surface area contributed by atoms with Gasteiger partial charge in [-0.05, 0) is 36.7 Å². The van der Waals surface area contributed by atoms with Gasteiger partial charge in [0.25, 0.3) is 0 Å². The molecule has 0 radical (unpaired) electrons. The number of hydrogen-bond donors (Lipinski definition) is 2. The van der Waals surface area contributed by atoms with Gasteiger partial charge < -0.3 is 10.6 Å². The quantitative estimate of drug-likeness (QED) is 0.882. The Hall–Kier alpha value is -1.92. The van der Waals surface area contributed by atoms with Crippen LogP contribution in [0.3, 0.4) is 0 Å². The van der Waals surface area contributed by atoms with Crippen LogP contribution in [0.2, 0.25) is 5.02 Å². The molecule has 3 rings (SSSR count). The molecule has 1 unspecified atom stereocenters. The van der Waals surface area contributed by atoms with Crippen LogP contribution in [-0.4, -0.2) is 28.8 Å². The summed E-state index contributed by atoms with van der Waals surface area (Å²) in [7, 11) is 0. The summed E-state index contributed by atoms with van der Waals surface area (Å²) in [6, 6.07) is 6.36. The first kappa shape index (κ1) is 16.0. The van der Waals surface area contributed by atoms with Gasteiger partial charge in [0, 0.05) is 12.0 Å². The standard InChI is InChI=1S/C16H18ClFN4O/c1-10(12-7-19-8-12)16(23)21-15-4-5-20-22(15)9-11-2-3-13(17)14(18)6-11/h2-6,10,12,19H,7-9H2,1H3,(H,21,23). The van der Waals surface area contributed by atoms with Gasteiger partial charge in [0.2, 0.25) is 5.91 Å². The van der Waals surface area contributed by atoms with Gasteiger partial charge in [0.15, 0.2) is 0 Å². The van der Waals surface area contributed by atoms with Gasteiger partial charge in [0.1, 0.15) is 11.6 Å². The van der Waals surface area contributed by atoms with E-state index < -0.39 is 5.82 Å². The van der Waals surface area contributed by atoms with E-state index in [9.17, 15) is 9.18 Å². The molecule has 2 aromatic rings. The van der Waals surface area contributed by atoms with Crippen molar-refractivity contribution in [1.29, 1.82) is 0 Å². The van der Waals surface area contributed by atoms with Gasteiger partial charge in [-0.25, -0.2) is 9.07 Å². The lowest BCUT2D eigenvalue weighted by molar-refractivity contribution is -0.121. The molecule has 1 atom stereocenters. The molecule has 1 aromatic heterocycles. The van der Waals surface area contributed by atoms with Crippen LogP contribution in [0.15, 0.2) is 30.5 Å². The second-order valence-electron chi connectivity index (χ2n) is 5.82. The Morgan fingerprint density at radius 1 is 1.52 bits per heavy atom. The van der Waals surface area contributed by atoms with Gasteiger partial charge >= 0.3 is 0 Å². The number of nitrogens with zero attached hydrogens (tertiary/aromatic N) is 2. The molecule has 5 nitrogen and oxygen atoms in total. The molecule has 23 heavy (non-hydrogen) atoms. The molecule has 1 amide bonds. The molecule has 7 heteroatoms. The highest BCUT2D eigenvalue weighted by Crippen LogP contribution is 2.20. The highest BCUT2D eigenvalue weighted by molar-refractivity contribution is 6.30. The Bertz CT molecular complexity index is 714. The van der Waals surface area contributed by atoms with Crippen LogP contribution in [0.4, 0.5) is 10.2 Å². The van der Waals surface area contributed by atoms with Crippen molar-refractivity contribution >= 4 is 23.3 Å². The summed E-state index contributed by atoms with van der Waals surface area (Å²) in [5.41, 5.74) is 0.724. The lowest BCUT2D eigenvalue weighted by Gasteiger charge is -2.31. The molecule has 1 aromatic carbocycles. The third kappa shape index (κ3) is 3.54. The van der Waals surface area contributed by atoms with E-state index in [0.29, 0.717) is 18.3 Å². The zero-order valence-electron chi connectivity index (χ0n) is 12.7. The number of halogens is 2. The molecule has 122 valence electrons. The average Bonchev–Trinajstić information content (AvgIpc) is 2.88. The fourth-order valence-corrected chi connectivity index (χ4v) is 2.61. The number of carbonyl (C=O) groups excluding carboxylic acids is 1. The maximum atomic E-state index is 13.5.